The molecule has 1 saturated carbocycles. The molecule has 1 amide bonds. The van der Waals surface area contributed by atoms with Crippen LogP contribution in [0.3, 0.4) is 0 Å². The molecule has 1 N–H and O–H groups in total. The van der Waals surface area contributed by atoms with Gasteiger partial charge in [0.25, 0.3) is 11.5 Å². The Morgan fingerprint density at radius 3 is 2.78 bits per heavy atom. The molecule has 1 aliphatic rings. The lowest BCUT2D eigenvalue weighted by molar-refractivity contribution is 0.102. The largest absolute Gasteiger partial charge is 0.495 e. The van der Waals surface area contributed by atoms with Crippen molar-refractivity contribution < 1.29 is 9.53 Å². The van der Waals surface area contributed by atoms with Gasteiger partial charge >= 0.3 is 0 Å². The number of para-hydroxylation sites is 2. The van der Waals surface area contributed by atoms with Crippen LogP contribution >= 0.6 is 11.3 Å². The number of nitrogens with one attached hydrogen (secondary N) is 1. The number of benzene rings is 1. The predicted octanol–water partition coefficient (Wildman–Crippen LogP) is 3.14. The number of amides is 1. The Balaban J connectivity index is 1.69. The molecule has 7 nitrogen and oxygen atoms in total. The molecule has 4 rings (SSSR count). The number of hydrogen-bond acceptors (Lipinski definition) is 6. The lowest BCUT2D eigenvalue weighted by Crippen LogP contribution is -2.29. The van der Waals surface area contributed by atoms with Crippen LogP contribution in [0, 0.1) is 6.92 Å². The highest BCUT2D eigenvalue weighted by Crippen LogP contribution is 2.42. The van der Waals surface area contributed by atoms with Gasteiger partial charge in [-0.2, -0.15) is 0 Å². The molecular formula is C19H18N4O3S. The molecule has 27 heavy (non-hydrogen) atoms. The maximum Gasteiger partial charge on any atom is 0.268 e. The Morgan fingerprint density at radius 2 is 2.04 bits per heavy atom. The van der Waals surface area contributed by atoms with Crippen LogP contribution in [0.15, 0.2) is 41.3 Å². The first-order valence-corrected chi connectivity index (χ1v) is 9.40. The third-order valence-electron chi connectivity index (χ3n) is 4.46. The van der Waals surface area contributed by atoms with E-state index in [-0.39, 0.29) is 5.56 Å². The second-order valence-electron chi connectivity index (χ2n) is 6.39. The Hall–Kier alpha value is -3.00. The van der Waals surface area contributed by atoms with E-state index < -0.39 is 11.5 Å². The van der Waals surface area contributed by atoms with Crippen molar-refractivity contribution >= 4 is 22.4 Å². The molecule has 0 atom stereocenters. The third kappa shape index (κ3) is 3.35. The molecule has 1 fully saturated rings. The SMILES string of the molecule is COc1ccccc1-n1ccc(C)c(C(=O)Nc2nnc(C3CC3)s2)c1=O. The van der Waals surface area contributed by atoms with Gasteiger partial charge in [0.15, 0.2) is 0 Å². The lowest BCUT2D eigenvalue weighted by Gasteiger charge is -2.13. The van der Waals surface area contributed by atoms with Crippen molar-refractivity contribution in [1.29, 1.82) is 0 Å². The Labute approximate surface area is 159 Å². The molecular weight excluding hydrogens is 364 g/mol. The first-order chi connectivity index (χ1) is 13.1. The predicted molar refractivity (Wildman–Crippen MR) is 103 cm³/mol. The molecule has 1 aliphatic carbocycles. The molecule has 1 aromatic carbocycles. The van der Waals surface area contributed by atoms with Gasteiger partial charge in [-0.3, -0.25) is 19.5 Å². The van der Waals surface area contributed by atoms with Gasteiger partial charge in [-0.25, -0.2) is 0 Å². The number of pyridine rings is 1. The van der Waals surface area contributed by atoms with Gasteiger partial charge in [-0.15, -0.1) is 10.2 Å². The summed E-state index contributed by atoms with van der Waals surface area (Å²) in [5, 5.41) is 12.2. The number of aromatic nitrogens is 3. The van der Waals surface area contributed by atoms with Crippen molar-refractivity contribution in [3.8, 4) is 11.4 Å². The number of hydrogen-bond donors (Lipinski definition) is 1. The summed E-state index contributed by atoms with van der Waals surface area (Å²) in [7, 11) is 1.54. The first kappa shape index (κ1) is 17.4. The van der Waals surface area contributed by atoms with Crippen molar-refractivity contribution in [3.63, 3.8) is 0 Å². The Morgan fingerprint density at radius 1 is 1.26 bits per heavy atom. The molecule has 2 aromatic heterocycles. The number of carbonyl (C=O) groups is 1. The van der Waals surface area contributed by atoms with E-state index >= 15 is 0 Å². The van der Waals surface area contributed by atoms with E-state index in [2.05, 4.69) is 15.5 Å². The smallest absolute Gasteiger partial charge is 0.268 e. The Bertz CT molecular complexity index is 1070. The monoisotopic (exact) mass is 382 g/mol. The van der Waals surface area contributed by atoms with Crippen LogP contribution in [0.5, 0.6) is 5.75 Å². The summed E-state index contributed by atoms with van der Waals surface area (Å²) in [5.74, 6) is 0.530. The molecule has 8 heteroatoms. The van der Waals surface area contributed by atoms with Gasteiger partial charge in [0.2, 0.25) is 5.13 Å². The number of anilines is 1. The molecule has 0 saturated heterocycles. The van der Waals surface area contributed by atoms with Crippen molar-refractivity contribution in [2.24, 2.45) is 0 Å². The number of carbonyl (C=O) groups excluding carboxylic acids is 1. The fraction of sp³-hybridized carbons (Fsp3) is 0.263. The third-order valence-corrected chi connectivity index (χ3v) is 5.46. The lowest BCUT2D eigenvalue weighted by atomic mass is 10.1. The molecule has 0 unspecified atom stereocenters. The second kappa shape index (κ2) is 6.96. The van der Waals surface area contributed by atoms with E-state index in [9.17, 15) is 9.59 Å². The topological polar surface area (TPSA) is 86.1 Å². The number of aryl methyl sites for hydroxylation is 1. The summed E-state index contributed by atoms with van der Waals surface area (Å²) >= 11 is 1.36. The molecule has 0 spiro atoms. The summed E-state index contributed by atoms with van der Waals surface area (Å²) in [6.07, 6.45) is 3.87. The van der Waals surface area contributed by atoms with Crippen LogP contribution in [-0.2, 0) is 0 Å². The number of methoxy groups -OCH3 is 1. The van der Waals surface area contributed by atoms with Crippen LogP contribution in [-0.4, -0.2) is 27.8 Å². The van der Waals surface area contributed by atoms with E-state index in [4.69, 9.17) is 4.74 Å². The zero-order chi connectivity index (χ0) is 19.0. The summed E-state index contributed by atoms with van der Waals surface area (Å²) in [6, 6.07) is 8.90. The van der Waals surface area contributed by atoms with E-state index in [1.807, 2.05) is 12.1 Å². The summed E-state index contributed by atoms with van der Waals surface area (Å²) in [6.45, 7) is 1.73. The summed E-state index contributed by atoms with van der Waals surface area (Å²) in [5.41, 5.74) is 0.831. The minimum atomic E-state index is -0.486. The standard InChI is InChI=1S/C19H18N4O3S/c1-11-9-10-23(13-5-3-4-6-14(13)26-2)18(25)15(11)16(24)20-19-22-21-17(27-19)12-7-8-12/h3-6,9-10,12H,7-8H2,1-2H3,(H,20,22,24). The molecule has 2 heterocycles. The second-order valence-corrected chi connectivity index (χ2v) is 7.40. The molecule has 0 bridgehead atoms. The Kier molecular flexibility index (Phi) is 4.49. The minimum absolute atomic E-state index is 0.0755. The highest BCUT2D eigenvalue weighted by molar-refractivity contribution is 7.15. The van der Waals surface area contributed by atoms with Gasteiger partial charge in [-0.1, -0.05) is 23.5 Å². The molecule has 138 valence electrons. The van der Waals surface area contributed by atoms with Crippen molar-refractivity contribution in [1.82, 2.24) is 14.8 Å². The molecule has 0 radical (unpaired) electrons. The van der Waals surface area contributed by atoms with Gasteiger partial charge in [0.1, 0.15) is 16.3 Å². The van der Waals surface area contributed by atoms with Crippen molar-refractivity contribution in [2.75, 3.05) is 12.4 Å². The van der Waals surface area contributed by atoms with E-state index in [1.54, 1.807) is 38.4 Å². The van der Waals surface area contributed by atoms with Gasteiger partial charge in [0.05, 0.1) is 12.8 Å². The summed E-state index contributed by atoms with van der Waals surface area (Å²) < 4.78 is 6.75. The maximum absolute atomic E-state index is 13.0. The zero-order valence-corrected chi connectivity index (χ0v) is 15.7. The van der Waals surface area contributed by atoms with Gasteiger partial charge in [-0.05, 0) is 43.5 Å². The van der Waals surface area contributed by atoms with Gasteiger partial charge < -0.3 is 4.74 Å². The number of nitrogens with zero attached hydrogens (tertiary/aromatic N) is 3. The quantitative estimate of drug-likeness (QED) is 0.733. The summed E-state index contributed by atoms with van der Waals surface area (Å²) in [4.78, 5) is 25.8. The molecule has 0 aliphatic heterocycles. The van der Waals surface area contributed by atoms with Crippen molar-refractivity contribution in [3.05, 3.63) is 63.0 Å². The van der Waals surface area contributed by atoms with Gasteiger partial charge in [0, 0.05) is 12.1 Å². The minimum Gasteiger partial charge on any atom is -0.495 e. The van der Waals surface area contributed by atoms with Crippen LogP contribution < -0.4 is 15.6 Å². The first-order valence-electron chi connectivity index (χ1n) is 8.59. The average molecular weight is 382 g/mol. The molecule has 3 aromatic rings. The van der Waals surface area contributed by atoms with E-state index in [0.717, 1.165) is 17.8 Å². The highest BCUT2D eigenvalue weighted by Gasteiger charge is 2.28. The fourth-order valence-corrected chi connectivity index (χ4v) is 3.77. The van der Waals surface area contributed by atoms with E-state index in [0.29, 0.717) is 28.0 Å². The van der Waals surface area contributed by atoms with Crippen LogP contribution in [0.1, 0.15) is 39.7 Å². The number of ether oxygens (including phenoxy) is 1. The van der Waals surface area contributed by atoms with Crippen LogP contribution in [0.25, 0.3) is 5.69 Å². The average Bonchev–Trinajstić information content (AvgIpc) is 3.41. The highest BCUT2D eigenvalue weighted by atomic mass is 32.1. The van der Waals surface area contributed by atoms with Crippen LogP contribution in [0.4, 0.5) is 5.13 Å². The zero-order valence-electron chi connectivity index (χ0n) is 14.9. The van der Waals surface area contributed by atoms with E-state index in [1.165, 1.54) is 15.9 Å². The maximum atomic E-state index is 13.0. The van der Waals surface area contributed by atoms with Crippen LogP contribution in [0.2, 0.25) is 0 Å². The van der Waals surface area contributed by atoms with Crippen molar-refractivity contribution in [2.45, 2.75) is 25.7 Å². The normalized spacial score (nSPS) is 13.4. The number of rotatable bonds is 5. The fourth-order valence-electron chi connectivity index (χ4n) is 2.86.